The van der Waals surface area contributed by atoms with Gasteiger partial charge in [-0.2, -0.15) is 0 Å². The molecule has 2 N–H and O–H groups in total. The molecule has 0 aliphatic carbocycles. The molecule has 0 saturated heterocycles. The molecule has 4 nitrogen and oxygen atoms in total. The van der Waals surface area contributed by atoms with E-state index in [1.165, 1.54) is 0 Å². The van der Waals surface area contributed by atoms with Gasteiger partial charge in [-0.05, 0) is 18.1 Å². The molecule has 1 unspecified atom stereocenters. The van der Waals surface area contributed by atoms with E-state index in [4.69, 9.17) is 5.73 Å². The van der Waals surface area contributed by atoms with Crippen molar-refractivity contribution in [1.29, 1.82) is 0 Å². The van der Waals surface area contributed by atoms with Crippen molar-refractivity contribution < 1.29 is 4.79 Å². The number of carbonyl (C=O) groups is 1. The van der Waals surface area contributed by atoms with Gasteiger partial charge in [0.15, 0.2) is 0 Å². The summed E-state index contributed by atoms with van der Waals surface area (Å²) < 4.78 is 0. The zero-order valence-electron chi connectivity index (χ0n) is 11.8. The summed E-state index contributed by atoms with van der Waals surface area (Å²) in [5.41, 5.74) is 8.11. The van der Waals surface area contributed by atoms with E-state index in [-0.39, 0.29) is 11.8 Å². The third kappa shape index (κ3) is 2.79. The van der Waals surface area contributed by atoms with Crippen molar-refractivity contribution in [3.8, 4) is 0 Å². The highest BCUT2D eigenvalue weighted by Crippen LogP contribution is 2.27. The highest BCUT2D eigenvalue weighted by Gasteiger charge is 2.23. The molecule has 20 heavy (non-hydrogen) atoms. The third-order valence-electron chi connectivity index (χ3n) is 3.43. The maximum Gasteiger partial charge on any atom is 0.234 e. The number of hydrogen-bond acceptors (Lipinski definition) is 3. The molecule has 1 aromatic carbocycles. The maximum atomic E-state index is 12.7. The van der Waals surface area contributed by atoms with E-state index in [0.717, 1.165) is 12.0 Å². The highest BCUT2D eigenvalue weighted by molar-refractivity contribution is 5.99. The number of rotatable bonds is 4. The number of pyridine rings is 1. The standard InChI is InChI=1S/C16H19N3O/c1-3-13(12-7-5-4-6-8-12)16(20)19(2)15-9-10-18-11-14(15)17/h4-11,13H,3,17H2,1-2H3. The SMILES string of the molecule is CCC(C(=O)N(C)c1ccncc1N)c1ccccc1. The lowest BCUT2D eigenvalue weighted by Gasteiger charge is -2.24. The van der Waals surface area contributed by atoms with Crippen LogP contribution in [0.25, 0.3) is 0 Å². The lowest BCUT2D eigenvalue weighted by atomic mass is 9.95. The fourth-order valence-corrected chi connectivity index (χ4v) is 2.30. The van der Waals surface area contributed by atoms with Crippen molar-refractivity contribution in [2.45, 2.75) is 19.3 Å². The number of nitrogens with zero attached hydrogens (tertiary/aromatic N) is 2. The summed E-state index contributed by atoms with van der Waals surface area (Å²) in [6, 6.07) is 11.6. The molecule has 0 fully saturated rings. The average molecular weight is 269 g/mol. The van der Waals surface area contributed by atoms with E-state index < -0.39 is 0 Å². The van der Waals surface area contributed by atoms with E-state index in [0.29, 0.717) is 11.4 Å². The Morgan fingerprint density at radius 2 is 2.00 bits per heavy atom. The monoisotopic (exact) mass is 269 g/mol. The van der Waals surface area contributed by atoms with Crippen LogP contribution in [0.2, 0.25) is 0 Å². The number of likely N-dealkylation sites (N-methyl/N-ethyl adjacent to an activating group) is 1. The van der Waals surface area contributed by atoms with Gasteiger partial charge in [0.05, 0.1) is 23.5 Å². The van der Waals surface area contributed by atoms with Crippen LogP contribution in [0.4, 0.5) is 11.4 Å². The molecule has 1 heterocycles. The Labute approximate surface area is 119 Å². The van der Waals surface area contributed by atoms with Crippen molar-refractivity contribution in [3.63, 3.8) is 0 Å². The zero-order chi connectivity index (χ0) is 14.5. The summed E-state index contributed by atoms with van der Waals surface area (Å²) in [6.07, 6.45) is 3.94. The fourth-order valence-electron chi connectivity index (χ4n) is 2.30. The van der Waals surface area contributed by atoms with Gasteiger partial charge in [-0.25, -0.2) is 0 Å². The topological polar surface area (TPSA) is 59.2 Å². The summed E-state index contributed by atoms with van der Waals surface area (Å²) in [5, 5.41) is 0. The Hall–Kier alpha value is -2.36. The molecule has 0 aliphatic rings. The number of aromatic nitrogens is 1. The van der Waals surface area contributed by atoms with Crippen molar-refractivity contribution in [1.82, 2.24) is 4.98 Å². The third-order valence-corrected chi connectivity index (χ3v) is 3.43. The Kier molecular flexibility index (Phi) is 4.35. The second-order valence-electron chi connectivity index (χ2n) is 4.70. The van der Waals surface area contributed by atoms with Crippen LogP contribution in [0.1, 0.15) is 24.8 Å². The molecule has 4 heteroatoms. The summed E-state index contributed by atoms with van der Waals surface area (Å²) >= 11 is 0. The second kappa shape index (κ2) is 6.19. The Bertz CT molecular complexity index is 583. The van der Waals surface area contributed by atoms with Gasteiger partial charge in [-0.3, -0.25) is 9.78 Å². The van der Waals surface area contributed by atoms with E-state index in [2.05, 4.69) is 4.98 Å². The fraction of sp³-hybridized carbons (Fsp3) is 0.250. The van der Waals surface area contributed by atoms with Crippen LogP contribution in [0.5, 0.6) is 0 Å². The number of benzene rings is 1. The summed E-state index contributed by atoms with van der Waals surface area (Å²) in [4.78, 5) is 18.2. The molecule has 1 amide bonds. The van der Waals surface area contributed by atoms with Gasteiger partial charge in [-0.15, -0.1) is 0 Å². The first-order valence-corrected chi connectivity index (χ1v) is 6.67. The first kappa shape index (κ1) is 14.1. The largest absolute Gasteiger partial charge is 0.396 e. The minimum atomic E-state index is -0.159. The lowest BCUT2D eigenvalue weighted by Crippen LogP contribution is -2.32. The number of anilines is 2. The molecule has 1 aromatic heterocycles. The quantitative estimate of drug-likeness (QED) is 0.928. The summed E-state index contributed by atoms with van der Waals surface area (Å²) in [6.45, 7) is 2.01. The van der Waals surface area contributed by atoms with Crippen molar-refractivity contribution in [2.75, 3.05) is 17.7 Å². The van der Waals surface area contributed by atoms with Gasteiger partial charge < -0.3 is 10.6 Å². The molecule has 0 bridgehead atoms. The van der Waals surface area contributed by atoms with Crippen LogP contribution in [0.3, 0.4) is 0 Å². The molecule has 0 saturated carbocycles. The first-order chi connectivity index (χ1) is 9.65. The Balaban J connectivity index is 2.28. The van der Waals surface area contributed by atoms with E-state index in [1.54, 1.807) is 30.4 Å². The average Bonchev–Trinajstić information content (AvgIpc) is 2.49. The van der Waals surface area contributed by atoms with E-state index in [9.17, 15) is 4.79 Å². The van der Waals surface area contributed by atoms with E-state index >= 15 is 0 Å². The van der Waals surface area contributed by atoms with E-state index in [1.807, 2.05) is 37.3 Å². The lowest BCUT2D eigenvalue weighted by molar-refractivity contribution is -0.119. The predicted octanol–water partition coefficient (Wildman–Crippen LogP) is 2.82. The van der Waals surface area contributed by atoms with Crippen LogP contribution in [0.15, 0.2) is 48.8 Å². The Morgan fingerprint density at radius 3 is 2.60 bits per heavy atom. The number of amides is 1. The van der Waals surface area contributed by atoms with Gasteiger partial charge in [0, 0.05) is 13.2 Å². The molecule has 104 valence electrons. The Morgan fingerprint density at radius 1 is 1.30 bits per heavy atom. The van der Waals surface area contributed by atoms with Crippen LogP contribution >= 0.6 is 0 Å². The van der Waals surface area contributed by atoms with Gasteiger partial charge >= 0.3 is 0 Å². The number of nitrogens with two attached hydrogens (primary N) is 1. The minimum Gasteiger partial charge on any atom is -0.396 e. The summed E-state index contributed by atoms with van der Waals surface area (Å²) in [7, 11) is 1.75. The maximum absolute atomic E-state index is 12.7. The van der Waals surface area contributed by atoms with Crippen molar-refractivity contribution in [3.05, 3.63) is 54.4 Å². The van der Waals surface area contributed by atoms with Gasteiger partial charge in [-0.1, -0.05) is 37.3 Å². The summed E-state index contributed by atoms with van der Waals surface area (Å²) in [5.74, 6) is -0.120. The highest BCUT2D eigenvalue weighted by atomic mass is 16.2. The van der Waals surface area contributed by atoms with Gasteiger partial charge in [0.25, 0.3) is 0 Å². The predicted molar refractivity (Wildman–Crippen MR) is 81.5 cm³/mol. The molecule has 0 aliphatic heterocycles. The molecule has 2 aromatic rings. The van der Waals surface area contributed by atoms with Gasteiger partial charge in [0.2, 0.25) is 5.91 Å². The van der Waals surface area contributed by atoms with Crippen LogP contribution in [0, 0.1) is 0 Å². The van der Waals surface area contributed by atoms with Gasteiger partial charge in [0.1, 0.15) is 0 Å². The molecule has 0 spiro atoms. The smallest absolute Gasteiger partial charge is 0.234 e. The zero-order valence-corrected chi connectivity index (χ0v) is 11.8. The van der Waals surface area contributed by atoms with Crippen molar-refractivity contribution in [2.24, 2.45) is 0 Å². The first-order valence-electron chi connectivity index (χ1n) is 6.67. The number of carbonyl (C=O) groups excluding carboxylic acids is 1. The molecule has 1 atom stereocenters. The minimum absolute atomic E-state index is 0.0385. The molecule has 0 radical (unpaired) electrons. The molecule has 2 rings (SSSR count). The number of nitrogen functional groups attached to an aromatic ring is 1. The second-order valence-corrected chi connectivity index (χ2v) is 4.70. The van der Waals surface area contributed by atoms with Crippen LogP contribution in [-0.2, 0) is 4.79 Å². The molecular weight excluding hydrogens is 250 g/mol. The normalized spacial score (nSPS) is 11.9. The van der Waals surface area contributed by atoms with Crippen LogP contribution in [-0.4, -0.2) is 17.9 Å². The van der Waals surface area contributed by atoms with Crippen molar-refractivity contribution >= 4 is 17.3 Å². The van der Waals surface area contributed by atoms with Crippen LogP contribution < -0.4 is 10.6 Å². The molecular formula is C16H19N3O. The number of hydrogen-bond donors (Lipinski definition) is 1.